The van der Waals surface area contributed by atoms with Gasteiger partial charge in [0.25, 0.3) is 0 Å². The Kier molecular flexibility index (Phi) is 3.39. The molecule has 0 bridgehead atoms. The molecule has 1 aromatic rings. The van der Waals surface area contributed by atoms with Crippen LogP contribution in [0.15, 0.2) is 22.9 Å². The number of ether oxygens (including phenoxy) is 1. The summed E-state index contributed by atoms with van der Waals surface area (Å²) in [6.07, 6.45) is 6.65. The van der Waals surface area contributed by atoms with Gasteiger partial charge < -0.3 is 10.1 Å². The van der Waals surface area contributed by atoms with Crippen LogP contribution in [0, 0.1) is 11.8 Å². The third-order valence-corrected chi connectivity index (χ3v) is 4.62. The van der Waals surface area contributed by atoms with Gasteiger partial charge >= 0.3 is 0 Å². The average Bonchev–Trinajstić information content (AvgIpc) is 2.86. The van der Waals surface area contributed by atoms with Gasteiger partial charge in [0.05, 0.1) is 7.11 Å². The lowest BCUT2D eigenvalue weighted by atomic mass is 9.80. The van der Waals surface area contributed by atoms with E-state index in [-0.39, 0.29) is 0 Å². The third-order valence-electron chi connectivity index (χ3n) is 4.03. The fourth-order valence-electron chi connectivity index (χ4n) is 2.94. The number of fused-ring (bicyclic) bond motifs is 1. The largest absolute Gasteiger partial charge is 0.494 e. The fourth-order valence-corrected chi connectivity index (χ4v) is 3.32. The van der Waals surface area contributed by atoms with Crippen LogP contribution in [0.3, 0.4) is 0 Å². The normalized spacial score (nSPS) is 26.7. The summed E-state index contributed by atoms with van der Waals surface area (Å²) in [5.74, 6) is 2.43. The summed E-state index contributed by atoms with van der Waals surface area (Å²) in [5, 5.41) is 3.49. The smallest absolute Gasteiger partial charge is 0.152 e. The molecular weight excluding hydrogens is 292 g/mol. The number of halogens is 1. The van der Waals surface area contributed by atoms with Gasteiger partial charge in [-0.05, 0) is 70.9 Å². The first-order chi connectivity index (χ1) is 8.78. The summed E-state index contributed by atoms with van der Waals surface area (Å²) in [5.41, 5.74) is 2.61. The van der Waals surface area contributed by atoms with E-state index in [4.69, 9.17) is 4.74 Å². The topological polar surface area (TPSA) is 34.1 Å². The van der Waals surface area contributed by atoms with Gasteiger partial charge in [0, 0.05) is 6.20 Å². The van der Waals surface area contributed by atoms with Crippen LogP contribution in [0.2, 0.25) is 0 Å². The first kappa shape index (κ1) is 12.2. The lowest BCUT2D eigenvalue weighted by Crippen LogP contribution is -2.16. The Morgan fingerprint density at radius 1 is 1.39 bits per heavy atom. The summed E-state index contributed by atoms with van der Waals surface area (Å²) < 4.78 is 6.08. The first-order valence-corrected chi connectivity index (χ1v) is 7.17. The van der Waals surface area contributed by atoms with Crippen LogP contribution in [0.4, 0.5) is 0 Å². The summed E-state index contributed by atoms with van der Waals surface area (Å²) in [7, 11) is 1.68. The van der Waals surface area contributed by atoms with Crippen LogP contribution in [-0.2, 0) is 0 Å². The standard InChI is InChI=1S/C14H17BrN2O/c1-18-13-5-12(8-17-14(13)15)9-2-3-10-6-16-7-11(10)4-9/h2,5,8,10-11,16H,3-4,6-7H2,1H3. The molecule has 1 saturated heterocycles. The van der Waals surface area contributed by atoms with Gasteiger partial charge in [-0.3, -0.25) is 0 Å². The Morgan fingerprint density at radius 3 is 3.06 bits per heavy atom. The number of pyridine rings is 1. The third kappa shape index (κ3) is 2.19. The highest BCUT2D eigenvalue weighted by atomic mass is 79.9. The van der Waals surface area contributed by atoms with Crippen LogP contribution in [0.1, 0.15) is 18.4 Å². The molecule has 2 unspecified atom stereocenters. The zero-order valence-corrected chi connectivity index (χ0v) is 12.0. The molecule has 2 atom stereocenters. The predicted molar refractivity (Wildman–Crippen MR) is 75.5 cm³/mol. The highest BCUT2D eigenvalue weighted by Crippen LogP contribution is 2.37. The molecule has 0 spiro atoms. The van der Waals surface area contributed by atoms with E-state index in [1.807, 2.05) is 6.20 Å². The highest BCUT2D eigenvalue weighted by molar-refractivity contribution is 9.10. The first-order valence-electron chi connectivity index (χ1n) is 6.37. The van der Waals surface area contributed by atoms with Crippen molar-refractivity contribution < 1.29 is 4.74 Å². The van der Waals surface area contributed by atoms with Crippen molar-refractivity contribution >= 4 is 21.5 Å². The van der Waals surface area contributed by atoms with E-state index in [1.165, 1.54) is 24.1 Å². The number of rotatable bonds is 2. The fraction of sp³-hybridized carbons (Fsp3) is 0.500. The van der Waals surface area contributed by atoms with Gasteiger partial charge in [0.15, 0.2) is 5.75 Å². The number of hydrogen-bond donors (Lipinski definition) is 1. The quantitative estimate of drug-likeness (QED) is 0.853. The van der Waals surface area contributed by atoms with Gasteiger partial charge in [0.1, 0.15) is 4.60 Å². The van der Waals surface area contributed by atoms with E-state index in [2.05, 4.69) is 38.4 Å². The monoisotopic (exact) mass is 308 g/mol. The van der Waals surface area contributed by atoms with Gasteiger partial charge in [-0.15, -0.1) is 0 Å². The molecular formula is C14H17BrN2O. The molecule has 18 heavy (non-hydrogen) atoms. The van der Waals surface area contributed by atoms with E-state index in [0.29, 0.717) is 0 Å². The second-order valence-electron chi connectivity index (χ2n) is 5.06. The van der Waals surface area contributed by atoms with Gasteiger partial charge in [0.2, 0.25) is 0 Å². The SMILES string of the molecule is COc1cc(C2=CCC3CNCC3C2)cnc1Br. The van der Waals surface area contributed by atoms with Crippen LogP contribution in [0.25, 0.3) is 5.57 Å². The molecule has 2 heterocycles. The van der Waals surface area contributed by atoms with Crippen LogP contribution >= 0.6 is 15.9 Å². The summed E-state index contributed by atoms with van der Waals surface area (Å²) in [6, 6.07) is 2.08. The molecule has 1 N–H and O–H groups in total. The van der Waals surface area contributed by atoms with Crippen molar-refractivity contribution in [3.8, 4) is 5.75 Å². The van der Waals surface area contributed by atoms with Crippen LogP contribution < -0.4 is 10.1 Å². The lowest BCUT2D eigenvalue weighted by Gasteiger charge is -2.24. The van der Waals surface area contributed by atoms with E-state index < -0.39 is 0 Å². The number of nitrogens with zero attached hydrogens (tertiary/aromatic N) is 1. The van der Waals surface area contributed by atoms with Crippen molar-refractivity contribution in [2.45, 2.75) is 12.8 Å². The van der Waals surface area contributed by atoms with Crippen molar-refractivity contribution in [1.82, 2.24) is 10.3 Å². The molecule has 2 aliphatic rings. The highest BCUT2D eigenvalue weighted by Gasteiger charge is 2.30. The minimum absolute atomic E-state index is 0.769. The number of aromatic nitrogens is 1. The van der Waals surface area contributed by atoms with Crippen molar-refractivity contribution in [3.05, 3.63) is 28.5 Å². The molecule has 0 saturated carbocycles. The second-order valence-corrected chi connectivity index (χ2v) is 5.82. The maximum atomic E-state index is 5.31. The zero-order valence-electron chi connectivity index (χ0n) is 10.4. The second kappa shape index (κ2) is 5.02. The molecule has 96 valence electrons. The Balaban J connectivity index is 1.86. The van der Waals surface area contributed by atoms with Gasteiger partial charge in [-0.1, -0.05) is 6.08 Å². The Morgan fingerprint density at radius 2 is 2.22 bits per heavy atom. The van der Waals surface area contributed by atoms with Crippen molar-refractivity contribution in [2.75, 3.05) is 20.2 Å². The molecule has 4 heteroatoms. The molecule has 3 rings (SSSR count). The summed E-state index contributed by atoms with van der Waals surface area (Å²) in [4.78, 5) is 4.35. The molecule has 1 aliphatic heterocycles. The summed E-state index contributed by atoms with van der Waals surface area (Å²) >= 11 is 3.39. The van der Waals surface area contributed by atoms with Crippen molar-refractivity contribution in [1.29, 1.82) is 0 Å². The number of nitrogens with one attached hydrogen (secondary N) is 1. The van der Waals surface area contributed by atoms with E-state index in [9.17, 15) is 0 Å². The molecule has 0 radical (unpaired) electrons. The molecule has 3 nitrogen and oxygen atoms in total. The number of hydrogen-bond acceptors (Lipinski definition) is 3. The average molecular weight is 309 g/mol. The molecule has 1 aliphatic carbocycles. The van der Waals surface area contributed by atoms with Crippen LogP contribution in [-0.4, -0.2) is 25.2 Å². The Bertz CT molecular complexity index is 487. The van der Waals surface area contributed by atoms with E-state index >= 15 is 0 Å². The molecule has 1 aromatic heterocycles. The molecule has 1 fully saturated rings. The zero-order chi connectivity index (χ0) is 12.5. The van der Waals surface area contributed by atoms with Crippen molar-refractivity contribution in [3.63, 3.8) is 0 Å². The minimum Gasteiger partial charge on any atom is -0.494 e. The van der Waals surface area contributed by atoms with Crippen molar-refractivity contribution in [2.24, 2.45) is 11.8 Å². The van der Waals surface area contributed by atoms with Crippen LogP contribution in [0.5, 0.6) is 5.75 Å². The van der Waals surface area contributed by atoms with Gasteiger partial charge in [-0.2, -0.15) is 0 Å². The van der Waals surface area contributed by atoms with E-state index in [1.54, 1.807) is 7.11 Å². The maximum Gasteiger partial charge on any atom is 0.152 e. The number of methoxy groups -OCH3 is 1. The summed E-state index contributed by atoms with van der Waals surface area (Å²) in [6.45, 7) is 2.33. The Labute approximate surface area is 116 Å². The molecule has 0 amide bonds. The van der Waals surface area contributed by atoms with Gasteiger partial charge in [-0.25, -0.2) is 4.98 Å². The number of allylic oxidation sites excluding steroid dienone is 2. The predicted octanol–water partition coefficient (Wildman–Crippen LogP) is 2.87. The van der Waals surface area contributed by atoms with E-state index in [0.717, 1.165) is 35.2 Å². The minimum atomic E-state index is 0.769. The lowest BCUT2D eigenvalue weighted by molar-refractivity contribution is 0.408. The maximum absolute atomic E-state index is 5.31. The molecule has 0 aromatic carbocycles. The Hall–Kier alpha value is -0.870.